The summed E-state index contributed by atoms with van der Waals surface area (Å²) in [6.45, 7) is 4.89. The molecule has 10 nitrogen and oxygen atoms in total. The van der Waals surface area contributed by atoms with Gasteiger partial charge in [-0.15, -0.1) is 0 Å². The van der Waals surface area contributed by atoms with Crippen LogP contribution in [0, 0.1) is 0 Å². The molecule has 1 fully saturated rings. The average Bonchev–Trinajstić information content (AvgIpc) is 3.30. The third-order valence-corrected chi connectivity index (χ3v) is 7.62. The zero-order valence-corrected chi connectivity index (χ0v) is 21.7. The first kappa shape index (κ1) is 25.0. The fourth-order valence-corrected chi connectivity index (χ4v) is 5.59. The summed E-state index contributed by atoms with van der Waals surface area (Å²) >= 11 is 0. The summed E-state index contributed by atoms with van der Waals surface area (Å²) in [6, 6.07) is 17.7. The van der Waals surface area contributed by atoms with Crippen LogP contribution in [0.1, 0.15) is 5.56 Å². The topological polar surface area (TPSA) is 121 Å². The Bertz CT molecular complexity index is 1460. The number of nitrogens with two attached hydrogens (primary N) is 1. The van der Waals surface area contributed by atoms with Crippen molar-refractivity contribution in [1.29, 1.82) is 0 Å². The van der Waals surface area contributed by atoms with E-state index in [2.05, 4.69) is 32.7 Å². The van der Waals surface area contributed by atoms with Gasteiger partial charge in [-0.2, -0.15) is 4.98 Å². The van der Waals surface area contributed by atoms with Crippen molar-refractivity contribution in [2.24, 2.45) is 5.73 Å². The van der Waals surface area contributed by atoms with Crippen LogP contribution in [0.25, 0.3) is 11.0 Å². The molecule has 3 heterocycles. The monoisotopic (exact) mass is 520 g/mol. The Balaban J connectivity index is 1.38. The molecule has 0 amide bonds. The van der Waals surface area contributed by atoms with Gasteiger partial charge in [0.2, 0.25) is 16.0 Å². The van der Waals surface area contributed by atoms with Gasteiger partial charge >= 0.3 is 0 Å². The number of fused-ring (bicyclic) bond motifs is 1. The third-order valence-electron chi connectivity index (χ3n) is 6.44. The molecule has 1 aliphatic rings. The quantitative estimate of drug-likeness (QED) is 0.308. The van der Waals surface area contributed by atoms with Crippen LogP contribution in [0.3, 0.4) is 0 Å². The fourth-order valence-electron chi connectivity index (χ4n) is 4.62. The molecule has 0 spiro atoms. The molecular weight excluding hydrogens is 488 g/mol. The average molecular weight is 521 g/mol. The van der Waals surface area contributed by atoms with Crippen molar-refractivity contribution in [3.05, 3.63) is 72.6 Å². The van der Waals surface area contributed by atoms with Gasteiger partial charge in [-0.05, 0) is 42.0 Å². The van der Waals surface area contributed by atoms with Crippen LogP contribution in [0.15, 0.2) is 67.0 Å². The van der Waals surface area contributed by atoms with Gasteiger partial charge in [-0.25, -0.2) is 13.4 Å². The van der Waals surface area contributed by atoms with E-state index >= 15 is 0 Å². The molecule has 37 heavy (non-hydrogen) atoms. The number of aromatic nitrogens is 3. The number of rotatable bonds is 9. The summed E-state index contributed by atoms with van der Waals surface area (Å²) < 4.78 is 28.3. The second-order valence-electron chi connectivity index (χ2n) is 9.08. The number of hydrogen-bond donors (Lipinski definition) is 3. The van der Waals surface area contributed by atoms with E-state index in [9.17, 15) is 8.42 Å². The SMILES string of the molecule is CS(=O)(=O)N(CCN)c1ccccc1Cn1ccc2cnc(Nc3ccc(N4CCNCC4)cc3)nc21. The number of piperazine rings is 1. The maximum absolute atomic E-state index is 12.4. The number of para-hydroxylation sites is 1. The number of anilines is 4. The molecule has 0 saturated carbocycles. The number of benzene rings is 2. The van der Waals surface area contributed by atoms with E-state index in [1.165, 1.54) is 16.2 Å². The summed E-state index contributed by atoms with van der Waals surface area (Å²) in [5, 5.41) is 7.58. The number of nitrogens with one attached hydrogen (secondary N) is 2. The zero-order chi connectivity index (χ0) is 25.8. The van der Waals surface area contributed by atoms with Crippen LogP contribution in [-0.2, 0) is 16.6 Å². The van der Waals surface area contributed by atoms with E-state index in [-0.39, 0.29) is 13.1 Å². The van der Waals surface area contributed by atoms with Crippen molar-refractivity contribution < 1.29 is 8.42 Å². The summed E-state index contributed by atoms with van der Waals surface area (Å²) in [5.74, 6) is 0.497. The number of nitrogens with zero attached hydrogens (tertiary/aromatic N) is 5. The van der Waals surface area contributed by atoms with Gasteiger partial charge in [0.25, 0.3) is 0 Å². The van der Waals surface area contributed by atoms with Gasteiger partial charge in [-0.1, -0.05) is 18.2 Å². The van der Waals surface area contributed by atoms with E-state index in [0.717, 1.165) is 48.5 Å². The first-order chi connectivity index (χ1) is 17.9. The van der Waals surface area contributed by atoms with Crippen molar-refractivity contribution in [3.63, 3.8) is 0 Å². The van der Waals surface area contributed by atoms with Crippen molar-refractivity contribution in [3.8, 4) is 0 Å². The van der Waals surface area contributed by atoms with E-state index < -0.39 is 10.0 Å². The Morgan fingerprint density at radius 3 is 2.57 bits per heavy atom. The van der Waals surface area contributed by atoms with Crippen LogP contribution >= 0.6 is 0 Å². The van der Waals surface area contributed by atoms with Crippen molar-refractivity contribution >= 4 is 44.1 Å². The van der Waals surface area contributed by atoms with Gasteiger partial charge in [0.05, 0.1) is 18.5 Å². The predicted molar refractivity (Wildman–Crippen MR) is 149 cm³/mol. The highest BCUT2D eigenvalue weighted by Crippen LogP contribution is 2.26. The molecule has 194 valence electrons. The Hall–Kier alpha value is -3.67. The highest BCUT2D eigenvalue weighted by molar-refractivity contribution is 7.92. The maximum Gasteiger partial charge on any atom is 0.232 e. The molecule has 4 aromatic rings. The lowest BCUT2D eigenvalue weighted by molar-refractivity contribution is 0.589. The molecule has 2 aromatic carbocycles. The minimum absolute atomic E-state index is 0.214. The van der Waals surface area contributed by atoms with E-state index in [1.54, 1.807) is 6.20 Å². The highest BCUT2D eigenvalue weighted by atomic mass is 32.2. The van der Waals surface area contributed by atoms with E-state index in [4.69, 9.17) is 10.7 Å². The first-order valence-corrected chi connectivity index (χ1v) is 14.2. The van der Waals surface area contributed by atoms with Crippen molar-refractivity contribution in [1.82, 2.24) is 19.9 Å². The lowest BCUT2D eigenvalue weighted by Crippen LogP contribution is -2.43. The minimum atomic E-state index is -3.47. The normalized spacial score (nSPS) is 14.2. The number of sulfonamides is 1. The van der Waals surface area contributed by atoms with E-state index in [0.29, 0.717) is 18.2 Å². The van der Waals surface area contributed by atoms with Gasteiger partial charge in [0.1, 0.15) is 5.65 Å². The third kappa shape index (κ3) is 5.68. The maximum atomic E-state index is 12.4. The summed E-state index contributed by atoms with van der Waals surface area (Å²) in [6.07, 6.45) is 4.93. The lowest BCUT2D eigenvalue weighted by Gasteiger charge is -2.29. The van der Waals surface area contributed by atoms with Gasteiger partial charge in [-0.3, -0.25) is 4.31 Å². The molecule has 0 aliphatic carbocycles. The molecule has 4 N–H and O–H groups in total. The molecule has 0 radical (unpaired) electrons. The second-order valence-corrected chi connectivity index (χ2v) is 11.0. The van der Waals surface area contributed by atoms with Crippen LogP contribution in [0.4, 0.5) is 23.0 Å². The molecular formula is C26H32N8O2S. The van der Waals surface area contributed by atoms with Gasteiger partial charge in [0.15, 0.2) is 0 Å². The summed E-state index contributed by atoms with van der Waals surface area (Å²) in [4.78, 5) is 11.6. The molecule has 0 bridgehead atoms. The van der Waals surface area contributed by atoms with Gasteiger partial charge in [0, 0.05) is 68.4 Å². The minimum Gasteiger partial charge on any atom is -0.369 e. The molecule has 1 saturated heterocycles. The molecule has 5 rings (SSSR count). The largest absolute Gasteiger partial charge is 0.369 e. The Morgan fingerprint density at radius 2 is 1.84 bits per heavy atom. The summed E-state index contributed by atoms with van der Waals surface area (Å²) in [7, 11) is -3.47. The van der Waals surface area contributed by atoms with Crippen LogP contribution in [-0.4, -0.2) is 68.5 Å². The molecule has 1 aliphatic heterocycles. The Labute approximate surface area is 217 Å². The Kier molecular flexibility index (Phi) is 7.26. The van der Waals surface area contributed by atoms with E-state index in [1.807, 2.05) is 53.2 Å². The van der Waals surface area contributed by atoms with Gasteiger partial charge < -0.3 is 25.8 Å². The standard InChI is InChI=1S/C26H32N8O2S/c1-37(35,36)34(15-11-27)24-5-3-2-4-21(24)19-33-14-10-20-18-29-26(31-25(20)33)30-22-6-8-23(9-7-22)32-16-12-28-13-17-32/h2-10,14,18,28H,11-13,15-17,19,27H2,1H3,(H,29,30,31). The van der Waals surface area contributed by atoms with Crippen LogP contribution < -0.4 is 25.6 Å². The predicted octanol–water partition coefficient (Wildman–Crippen LogP) is 2.36. The smallest absolute Gasteiger partial charge is 0.232 e. The molecule has 2 aromatic heterocycles. The first-order valence-electron chi connectivity index (χ1n) is 12.3. The van der Waals surface area contributed by atoms with Crippen LogP contribution in [0.5, 0.6) is 0 Å². The lowest BCUT2D eigenvalue weighted by atomic mass is 10.1. The Morgan fingerprint density at radius 1 is 1.08 bits per heavy atom. The molecule has 0 unspecified atom stereocenters. The van der Waals surface area contributed by atoms with Crippen molar-refractivity contribution in [2.45, 2.75) is 6.54 Å². The highest BCUT2D eigenvalue weighted by Gasteiger charge is 2.20. The molecule has 0 atom stereocenters. The van der Waals surface area contributed by atoms with Crippen LogP contribution in [0.2, 0.25) is 0 Å². The fraction of sp³-hybridized carbons (Fsp3) is 0.308. The molecule has 11 heteroatoms. The summed E-state index contributed by atoms with van der Waals surface area (Å²) in [5.41, 5.74) is 10.1. The van der Waals surface area contributed by atoms with Crippen molar-refractivity contribution in [2.75, 3.05) is 60.0 Å². The number of hydrogen-bond acceptors (Lipinski definition) is 8. The zero-order valence-electron chi connectivity index (χ0n) is 20.8. The second kappa shape index (κ2) is 10.8.